The van der Waals surface area contributed by atoms with Crippen molar-refractivity contribution in [2.75, 3.05) is 0 Å². The van der Waals surface area contributed by atoms with Gasteiger partial charge in [-0.25, -0.2) is 0 Å². The van der Waals surface area contributed by atoms with Gasteiger partial charge in [0, 0.05) is 23.6 Å². The number of pyridine rings is 2. The predicted molar refractivity (Wildman–Crippen MR) is 89.2 cm³/mol. The topological polar surface area (TPSA) is 54.9 Å². The van der Waals surface area contributed by atoms with Crippen LogP contribution in [0.15, 0.2) is 73.2 Å². The molecule has 114 valence electrons. The van der Waals surface area contributed by atoms with Crippen LogP contribution in [0.25, 0.3) is 0 Å². The molecular weight excluding hydrogens is 310 g/mol. The molecule has 5 heteroatoms. The number of nitrogens with one attached hydrogen (secondary N) is 1. The van der Waals surface area contributed by atoms with Crippen molar-refractivity contribution in [1.29, 1.82) is 0 Å². The van der Waals surface area contributed by atoms with Gasteiger partial charge in [0.25, 0.3) is 5.91 Å². The molecule has 1 N–H and O–H groups in total. The summed E-state index contributed by atoms with van der Waals surface area (Å²) >= 11 is 6.09. The van der Waals surface area contributed by atoms with Crippen LogP contribution in [0.1, 0.15) is 27.7 Å². The van der Waals surface area contributed by atoms with E-state index in [-0.39, 0.29) is 11.9 Å². The monoisotopic (exact) mass is 323 g/mol. The number of hydrogen-bond donors (Lipinski definition) is 1. The van der Waals surface area contributed by atoms with E-state index in [2.05, 4.69) is 15.3 Å². The standard InChI is InChI=1S/C18H14ClN3O/c19-15-7-3-5-13(11-15)17(16-8-1-2-10-21-16)22-18(23)14-6-4-9-20-12-14/h1-12,17H,(H,22,23)/t17-/m1/s1. The predicted octanol–water partition coefficient (Wildman–Crippen LogP) is 3.65. The molecule has 1 amide bonds. The lowest BCUT2D eigenvalue weighted by Gasteiger charge is -2.19. The first-order chi connectivity index (χ1) is 11.2. The maximum absolute atomic E-state index is 12.5. The van der Waals surface area contributed by atoms with Gasteiger partial charge >= 0.3 is 0 Å². The van der Waals surface area contributed by atoms with E-state index in [1.165, 1.54) is 6.20 Å². The first-order valence-electron chi connectivity index (χ1n) is 7.11. The Morgan fingerprint density at radius 2 is 1.96 bits per heavy atom. The first-order valence-corrected chi connectivity index (χ1v) is 7.49. The molecule has 0 radical (unpaired) electrons. The van der Waals surface area contributed by atoms with Crippen molar-refractivity contribution < 1.29 is 4.79 Å². The van der Waals surface area contributed by atoms with E-state index in [9.17, 15) is 4.79 Å². The van der Waals surface area contributed by atoms with Crippen LogP contribution in [0, 0.1) is 0 Å². The molecule has 0 bridgehead atoms. The summed E-state index contributed by atoms with van der Waals surface area (Å²) in [4.78, 5) is 20.8. The highest BCUT2D eigenvalue weighted by molar-refractivity contribution is 6.30. The molecule has 0 spiro atoms. The Morgan fingerprint density at radius 1 is 1.04 bits per heavy atom. The largest absolute Gasteiger partial charge is 0.339 e. The van der Waals surface area contributed by atoms with Crippen LogP contribution in [0.2, 0.25) is 5.02 Å². The van der Waals surface area contributed by atoms with Gasteiger partial charge in [-0.2, -0.15) is 0 Å². The lowest BCUT2D eigenvalue weighted by molar-refractivity contribution is 0.0942. The van der Waals surface area contributed by atoms with Crippen molar-refractivity contribution in [2.24, 2.45) is 0 Å². The van der Waals surface area contributed by atoms with Gasteiger partial charge in [0.2, 0.25) is 0 Å². The third-order valence-electron chi connectivity index (χ3n) is 3.36. The number of benzene rings is 1. The third-order valence-corrected chi connectivity index (χ3v) is 3.60. The molecule has 23 heavy (non-hydrogen) atoms. The summed E-state index contributed by atoms with van der Waals surface area (Å²) < 4.78 is 0. The van der Waals surface area contributed by atoms with Crippen LogP contribution in [0.3, 0.4) is 0 Å². The molecule has 3 aromatic rings. The van der Waals surface area contributed by atoms with E-state index in [1.807, 2.05) is 36.4 Å². The smallest absolute Gasteiger partial charge is 0.253 e. The Hall–Kier alpha value is -2.72. The Kier molecular flexibility index (Phi) is 4.64. The molecule has 0 aliphatic rings. The van der Waals surface area contributed by atoms with Gasteiger partial charge in [-0.05, 0) is 42.0 Å². The van der Waals surface area contributed by atoms with E-state index < -0.39 is 0 Å². The second-order valence-electron chi connectivity index (χ2n) is 4.96. The highest BCUT2D eigenvalue weighted by atomic mass is 35.5. The zero-order valence-electron chi connectivity index (χ0n) is 12.2. The Balaban J connectivity index is 1.94. The quantitative estimate of drug-likeness (QED) is 0.797. The number of halogens is 1. The van der Waals surface area contributed by atoms with Crippen LogP contribution in [0.5, 0.6) is 0 Å². The molecule has 2 heterocycles. The second kappa shape index (κ2) is 7.03. The molecule has 0 aliphatic heterocycles. The number of hydrogen-bond acceptors (Lipinski definition) is 3. The van der Waals surface area contributed by atoms with E-state index in [1.54, 1.807) is 30.6 Å². The molecule has 1 aromatic carbocycles. The van der Waals surface area contributed by atoms with Gasteiger partial charge in [0.05, 0.1) is 17.3 Å². The SMILES string of the molecule is O=C(N[C@H](c1cccc(Cl)c1)c1ccccn1)c1cccnc1. The Morgan fingerprint density at radius 3 is 2.65 bits per heavy atom. The summed E-state index contributed by atoms with van der Waals surface area (Å²) in [6, 6.07) is 16.0. The van der Waals surface area contributed by atoms with Crippen molar-refractivity contribution in [1.82, 2.24) is 15.3 Å². The minimum Gasteiger partial charge on any atom is -0.339 e. The fourth-order valence-electron chi connectivity index (χ4n) is 2.27. The number of carbonyl (C=O) groups is 1. The maximum atomic E-state index is 12.5. The van der Waals surface area contributed by atoms with E-state index in [0.29, 0.717) is 10.6 Å². The maximum Gasteiger partial charge on any atom is 0.253 e. The summed E-state index contributed by atoms with van der Waals surface area (Å²) in [6.45, 7) is 0. The van der Waals surface area contributed by atoms with Gasteiger partial charge in [-0.1, -0.05) is 29.8 Å². The second-order valence-corrected chi connectivity index (χ2v) is 5.39. The molecule has 3 rings (SSSR count). The average molecular weight is 324 g/mol. The Labute approximate surface area is 139 Å². The Bertz CT molecular complexity index is 794. The van der Waals surface area contributed by atoms with Crippen LogP contribution in [0.4, 0.5) is 0 Å². The van der Waals surface area contributed by atoms with Crippen LogP contribution >= 0.6 is 11.6 Å². The van der Waals surface area contributed by atoms with Gasteiger partial charge < -0.3 is 5.32 Å². The summed E-state index contributed by atoms with van der Waals surface area (Å²) in [5.74, 6) is -0.214. The summed E-state index contributed by atoms with van der Waals surface area (Å²) in [7, 11) is 0. The summed E-state index contributed by atoms with van der Waals surface area (Å²) in [6.07, 6.45) is 4.86. The molecule has 0 fully saturated rings. The molecular formula is C18H14ClN3O. The minimum atomic E-state index is -0.386. The lowest BCUT2D eigenvalue weighted by atomic mass is 10.0. The molecule has 2 aromatic heterocycles. The van der Waals surface area contributed by atoms with Gasteiger partial charge in [0.1, 0.15) is 0 Å². The highest BCUT2D eigenvalue weighted by Gasteiger charge is 2.19. The molecule has 4 nitrogen and oxygen atoms in total. The van der Waals surface area contributed by atoms with Gasteiger partial charge in [-0.3, -0.25) is 14.8 Å². The van der Waals surface area contributed by atoms with Crippen molar-refractivity contribution >= 4 is 17.5 Å². The highest BCUT2D eigenvalue weighted by Crippen LogP contribution is 2.23. The summed E-state index contributed by atoms with van der Waals surface area (Å²) in [5, 5.41) is 3.60. The zero-order chi connectivity index (χ0) is 16.1. The number of rotatable bonds is 4. The number of amides is 1. The fourth-order valence-corrected chi connectivity index (χ4v) is 2.47. The van der Waals surface area contributed by atoms with Crippen molar-refractivity contribution in [3.05, 3.63) is 95.0 Å². The molecule has 1 atom stereocenters. The average Bonchev–Trinajstić information content (AvgIpc) is 2.61. The zero-order valence-corrected chi connectivity index (χ0v) is 12.9. The molecule has 0 saturated carbocycles. The van der Waals surface area contributed by atoms with Crippen molar-refractivity contribution in [3.63, 3.8) is 0 Å². The van der Waals surface area contributed by atoms with Crippen molar-refractivity contribution in [2.45, 2.75) is 6.04 Å². The normalized spacial score (nSPS) is 11.7. The lowest BCUT2D eigenvalue weighted by Crippen LogP contribution is -2.30. The minimum absolute atomic E-state index is 0.214. The molecule has 0 unspecified atom stereocenters. The van der Waals surface area contributed by atoms with Crippen LogP contribution in [-0.2, 0) is 0 Å². The third kappa shape index (κ3) is 3.73. The van der Waals surface area contributed by atoms with E-state index >= 15 is 0 Å². The first kappa shape index (κ1) is 15.2. The molecule has 0 aliphatic carbocycles. The fraction of sp³-hybridized carbons (Fsp3) is 0.0556. The number of aromatic nitrogens is 2. The van der Waals surface area contributed by atoms with Crippen LogP contribution < -0.4 is 5.32 Å². The number of carbonyl (C=O) groups excluding carboxylic acids is 1. The summed E-state index contributed by atoms with van der Waals surface area (Å²) in [5.41, 5.74) is 2.11. The molecule has 0 saturated heterocycles. The number of nitrogens with zero attached hydrogens (tertiary/aromatic N) is 2. The van der Waals surface area contributed by atoms with E-state index in [4.69, 9.17) is 11.6 Å². The van der Waals surface area contributed by atoms with Crippen molar-refractivity contribution in [3.8, 4) is 0 Å². The van der Waals surface area contributed by atoms with Gasteiger partial charge in [0.15, 0.2) is 0 Å². The van der Waals surface area contributed by atoms with Crippen LogP contribution in [-0.4, -0.2) is 15.9 Å². The van der Waals surface area contributed by atoms with E-state index in [0.717, 1.165) is 11.3 Å². The van der Waals surface area contributed by atoms with Gasteiger partial charge in [-0.15, -0.1) is 0 Å².